The Hall–Kier alpha value is -2.82. The summed E-state index contributed by atoms with van der Waals surface area (Å²) in [6.07, 6.45) is 1.13. The van der Waals surface area contributed by atoms with E-state index < -0.39 is 6.04 Å². The maximum Gasteiger partial charge on any atom is 0.242 e. The molecule has 0 heterocycles. The SMILES string of the molecule is CNC(=O)[C@@H](Cc1ccccc1)N(Cc1ccccc1Cl)C(=O)CCc1ccccc1Cl. The van der Waals surface area contributed by atoms with Gasteiger partial charge in [-0.25, -0.2) is 0 Å². The second kappa shape index (κ2) is 11.7. The first-order chi connectivity index (χ1) is 15.5. The molecule has 0 aromatic heterocycles. The lowest BCUT2D eigenvalue weighted by Gasteiger charge is -2.31. The lowest BCUT2D eigenvalue weighted by molar-refractivity contribution is -0.141. The Morgan fingerprint density at radius 2 is 1.41 bits per heavy atom. The third kappa shape index (κ3) is 6.35. The molecule has 1 N–H and O–H groups in total. The van der Waals surface area contributed by atoms with Gasteiger partial charge in [0.2, 0.25) is 11.8 Å². The second-order valence-electron chi connectivity index (χ2n) is 7.52. The van der Waals surface area contributed by atoms with Crippen LogP contribution in [0.2, 0.25) is 10.0 Å². The third-order valence-corrected chi connectivity index (χ3v) is 6.12. The number of carbonyl (C=O) groups excluding carboxylic acids is 2. The molecule has 2 amide bonds. The zero-order chi connectivity index (χ0) is 22.9. The van der Waals surface area contributed by atoms with Crippen LogP contribution >= 0.6 is 23.2 Å². The Labute approximate surface area is 199 Å². The van der Waals surface area contributed by atoms with Crippen LogP contribution in [0.4, 0.5) is 0 Å². The van der Waals surface area contributed by atoms with Crippen LogP contribution < -0.4 is 5.32 Å². The fraction of sp³-hybridized carbons (Fsp3) is 0.231. The molecule has 0 spiro atoms. The van der Waals surface area contributed by atoms with Crippen molar-refractivity contribution in [2.45, 2.75) is 31.8 Å². The van der Waals surface area contributed by atoms with Crippen LogP contribution in [0.15, 0.2) is 78.9 Å². The van der Waals surface area contributed by atoms with Gasteiger partial charge in [-0.15, -0.1) is 0 Å². The van der Waals surface area contributed by atoms with E-state index in [1.165, 1.54) is 0 Å². The quantitative estimate of drug-likeness (QED) is 0.462. The molecule has 1 atom stereocenters. The van der Waals surface area contributed by atoms with Gasteiger partial charge < -0.3 is 10.2 Å². The highest BCUT2D eigenvalue weighted by atomic mass is 35.5. The van der Waals surface area contributed by atoms with Crippen LogP contribution in [0.25, 0.3) is 0 Å². The van der Waals surface area contributed by atoms with Crippen molar-refractivity contribution in [3.8, 4) is 0 Å². The van der Waals surface area contributed by atoms with Gasteiger partial charge in [-0.1, -0.05) is 89.9 Å². The highest BCUT2D eigenvalue weighted by Gasteiger charge is 2.30. The first-order valence-corrected chi connectivity index (χ1v) is 11.3. The predicted octanol–water partition coefficient (Wildman–Crippen LogP) is 5.31. The minimum absolute atomic E-state index is 0.130. The van der Waals surface area contributed by atoms with Crippen molar-refractivity contribution in [2.75, 3.05) is 7.05 Å². The lowest BCUT2D eigenvalue weighted by atomic mass is 10.0. The van der Waals surface area contributed by atoms with Crippen LogP contribution in [0.3, 0.4) is 0 Å². The van der Waals surface area contributed by atoms with Crippen LogP contribution in [0.5, 0.6) is 0 Å². The largest absolute Gasteiger partial charge is 0.357 e. The third-order valence-electron chi connectivity index (χ3n) is 5.38. The van der Waals surface area contributed by atoms with Crippen LogP contribution in [-0.2, 0) is 29.0 Å². The summed E-state index contributed by atoms with van der Waals surface area (Å²) in [6, 6.07) is 23.9. The van der Waals surface area contributed by atoms with Crippen molar-refractivity contribution in [1.29, 1.82) is 0 Å². The molecular weight excluding hydrogens is 443 g/mol. The van der Waals surface area contributed by atoms with Crippen molar-refractivity contribution < 1.29 is 9.59 Å². The maximum absolute atomic E-state index is 13.5. The Bertz CT molecular complexity index is 1060. The summed E-state index contributed by atoms with van der Waals surface area (Å²) in [5.41, 5.74) is 2.67. The number of amides is 2. The number of nitrogens with zero attached hydrogens (tertiary/aromatic N) is 1. The van der Waals surface area contributed by atoms with Gasteiger partial charge >= 0.3 is 0 Å². The molecule has 0 aliphatic rings. The van der Waals surface area contributed by atoms with Gasteiger partial charge in [-0.05, 0) is 35.2 Å². The fourth-order valence-corrected chi connectivity index (χ4v) is 4.04. The van der Waals surface area contributed by atoms with Gasteiger partial charge in [-0.3, -0.25) is 9.59 Å². The van der Waals surface area contributed by atoms with Crippen LogP contribution in [0.1, 0.15) is 23.1 Å². The number of likely N-dealkylation sites (N-methyl/N-ethyl adjacent to an activating group) is 1. The summed E-state index contributed by atoms with van der Waals surface area (Å²) in [7, 11) is 1.59. The number of benzene rings is 3. The summed E-state index contributed by atoms with van der Waals surface area (Å²) in [4.78, 5) is 28.0. The number of hydrogen-bond acceptors (Lipinski definition) is 2. The van der Waals surface area contributed by atoms with E-state index in [-0.39, 0.29) is 24.8 Å². The first-order valence-electron chi connectivity index (χ1n) is 10.5. The minimum atomic E-state index is -0.669. The van der Waals surface area contributed by atoms with E-state index in [2.05, 4.69) is 5.32 Å². The summed E-state index contributed by atoms with van der Waals surface area (Å²) in [6.45, 7) is 0.242. The van der Waals surface area contributed by atoms with Crippen molar-refractivity contribution in [1.82, 2.24) is 10.2 Å². The molecule has 32 heavy (non-hydrogen) atoms. The molecule has 0 aliphatic heterocycles. The van der Waals surface area contributed by atoms with Gasteiger partial charge in [0, 0.05) is 36.5 Å². The number of rotatable bonds is 9. The van der Waals surface area contributed by atoms with E-state index in [1.54, 1.807) is 18.0 Å². The van der Waals surface area contributed by atoms with E-state index in [1.807, 2.05) is 72.8 Å². The Kier molecular flexibility index (Phi) is 8.72. The Balaban J connectivity index is 1.89. The normalized spacial score (nSPS) is 11.6. The lowest BCUT2D eigenvalue weighted by Crippen LogP contribution is -2.49. The van der Waals surface area contributed by atoms with Gasteiger partial charge in [0.1, 0.15) is 6.04 Å². The highest BCUT2D eigenvalue weighted by Crippen LogP contribution is 2.22. The molecule has 0 unspecified atom stereocenters. The minimum Gasteiger partial charge on any atom is -0.357 e. The first kappa shape index (κ1) is 23.8. The smallest absolute Gasteiger partial charge is 0.242 e. The number of nitrogens with one attached hydrogen (secondary N) is 1. The zero-order valence-electron chi connectivity index (χ0n) is 17.9. The van der Waals surface area contributed by atoms with Crippen LogP contribution in [-0.4, -0.2) is 29.8 Å². The summed E-state index contributed by atoms with van der Waals surface area (Å²) in [5, 5.41) is 3.91. The van der Waals surface area contributed by atoms with E-state index in [4.69, 9.17) is 23.2 Å². The summed E-state index contributed by atoms with van der Waals surface area (Å²) in [5.74, 6) is -0.346. The summed E-state index contributed by atoms with van der Waals surface area (Å²) >= 11 is 12.7. The maximum atomic E-state index is 13.5. The van der Waals surface area contributed by atoms with Crippen molar-refractivity contribution in [3.63, 3.8) is 0 Å². The molecule has 6 heteroatoms. The standard InChI is InChI=1S/C26H26Cl2N2O2/c1-29-26(32)24(17-19-9-3-2-4-10-19)30(18-21-12-6-8-14-23(21)28)25(31)16-15-20-11-5-7-13-22(20)27/h2-14,24H,15-18H2,1H3,(H,29,32)/t24-/m1/s1. The molecule has 0 bridgehead atoms. The molecule has 166 valence electrons. The molecule has 0 saturated carbocycles. The molecule has 0 aliphatic carbocycles. The molecule has 0 fully saturated rings. The van der Waals surface area contributed by atoms with Crippen molar-refractivity contribution in [2.24, 2.45) is 0 Å². The Morgan fingerprint density at radius 3 is 2.00 bits per heavy atom. The number of carbonyl (C=O) groups is 2. The average molecular weight is 469 g/mol. The second-order valence-corrected chi connectivity index (χ2v) is 8.34. The molecule has 4 nitrogen and oxygen atoms in total. The monoisotopic (exact) mass is 468 g/mol. The van der Waals surface area contributed by atoms with Crippen LogP contribution in [0, 0.1) is 0 Å². The Morgan fingerprint density at radius 1 is 0.844 bits per heavy atom. The van der Waals surface area contributed by atoms with Gasteiger partial charge in [0.15, 0.2) is 0 Å². The molecule has 3 rings (SSSR count). The number of halogens is 2. The van der Waals surface area contributed by atoms with E-state index in [9.17, 15) is 9.59 Å². The molecule has 3 aromatic rings. The van der Waals surface area contributed by atoms with Gasteiger partial charge in [0.05, 0.1) is 0 Å². The van der Waals surface area contributed by atoms with Crippen molar-refractivity contribution >= 4 is 35.0 Å². The number of hydrogen-bond donors (Lipinski definition) is 1. The van der Waals surface area contributed by atoms with E-state index >= 15 is 0 Å². The van der Waals surface area contributed by atoms with Gasteiger partial charge in [-0.2, -0.15) is 0 Å². The zero-order valence-corrected chi connectivity index (χ0v) is 19.4. The number of aryl methyl sites for hydroxylation is 1. The molecule has 0 saturated heterocycles. The van der Waals surface area contributed by atoms with E-state index in [0.29, 0.717) is 22.9 Å². The summed E-state index contributed by atoms with van der Waals surface area (Å²) < 4.78 is 0. The molecule has 0 radical (unpaired) electrons. The topological polar surface area (TPSA) is 49.4 Å². The molecule has 3 aromatic carbocycles. The highest BCUT2D eigenvalue weighted by molar-refractivity contribution is 6.31. The van der Waals surface area contributed by atoms with Crippen molar-refractivity contribution in [3.05, 3.63) is 106 Å². The average Bonchev–Trinajstić information content (AvgIpc) is 2.82. The van der Waals surface area contributed by atoms with Gasteiger partial charge in [0.25, 0.3) is 0 Å². The van der Waals surface area contributed by atoms with E-state index in [0.717, 1.165) is 16.7 Å². The predicted molar refractivity (Wildman–Crippen MR) is 130 cm³/mol. The molecular formula is C26H26Cl2N2O2. The fourth-order valence-electron chi connectivity index (χ4n) is 3.62.